The van der Waals surface area contributed by atoms with Gasteiger partial charge in [0.15, 0.2) is 0 Å². The Morgan fingerprint density at radius 3 is 2.41 bits per heavy atom. The molecule has 8 heteroatoms. The number of halogens is 1. The molecule has 0 amide bonds. The van der Waals surface area contributed by atoms with Crippen LogP contribution in [0.15, 0.2) is 15.8 Å². The van der Waals surface area contributed by atoms with Gasteiger partial charge in [0.1, 0.15) is 6.10 Å². The molecule has 1 unspecified atom stereocenters. The van der Waals surface area contributed by atoms with Crippen LogP contribution in [-0.2, 0) is 15.9 Å². The van der Waals surface area contributed by atoms with Crippen molar-refractivity contribution in [3.63, 3.8) is 0 Å². The van der Waals surface area contributed by atoms with Crippen molar-refractivity contribution in [3.05, 3.63) is 32.6 Å². The van der Waals surface area contributed by atoms with Gasteiger partial charge in [0.05, 0.1) is 12.2 Å². The number of ether oxygens (including phenoxy) is 2. The summed E-state index contributed by atoms with van der Waals surface area (Å²) in [5, 5.41) is 10.5. The van der Waals surface area contributed by atoms with Gasteiger partial charge >= 0.3 is 5.69 Å². The van der Waals surface area contributed by atoms with Crippen LogP contribution in [0.25, 0.3) is 0 Å². The summed E-state index contributed by atoms with van der Waals surface area (Å²) >= 11 is 2.32. The van der Waals surface area contributed by atoms with Gasteiger partial charge in [-0.05, 0) is 12.8 Å². The largest absolute Gasteiger partial charge is 0.388 e. The van der Waals surface area contributed by atoms with Crippen LogP contribution in [0, 0.1) is 0 Å². The van der Waals surface area contributed by atoms with Crippen LogP contribution in [0.2, 0.25) is 0 Å². The van der Waals surface area contributed by atoms with E-state index in [4.69, 9.17) is 9.47 Å². The second kappa shape index (κ2) is 9.43. The first kappa shape index (κ1) is 19.3. The second-order valence-electron chi connectivity index (χ2n) is 5.08. The van der Waals surface area contributed by atoms with Crippen molar-refractivity contribution in [1.29, 1.82) is 0 Å². The zero-order valence-corrected chi connectivity index (χ0v) is 15.1. The van der Waals surface area contributed by atoms with Gasteiger partial charge in [-0.15, -0.1) is 0 Å². The predicted octanol–water partition coefficient (Wildman–Crippen LogP) is 0.600. The quantitative estimate of drug-likeness (QED) is 0.397. The number of alkyl halides is 1. The molecule has 1 rings (SSSR count). The summed E-state index contributed by atoms with van der Waals surface area (Å²) in [7, 11) is 3.02. The van der Waals surface area contributed by atoms with E-state index in [1.165, 1.54) is 13.3 Å². The van der Waals surface area contributed by atoms with Crippen molar-refractivity contribution in [1.82, 2.24) is 9.97 Å². The summed E-state index contributed by atoms with van der Waals surface area (Å²) in [5.41, 5.74) is -0.692. The lowest BCUT2D eigenvalue weighted by atomic mass is 9.98. The minimum Gasteiger partial charge on any atom is -0.388 e. The highest BCUT2D eigenvalue weighted by molar-refractivity contribution is 14.1. The fraction of sp³-hybridized carbons (Fsp3) is 0.714. The average molecular weight is 426 g/mol. The molecule has 0 aromatic carbocycles. The van der Waals surface area contributed by atoms with E-state index in [2.05, 4.69) is 39.5 Å². The Morgan fingerprint density at radius 1 is 1.27 bits per heavy atom. The van der Waals surface area contributed by atoms with Gasteiger partial charge in [-0.2, -0.15) is 0 Å². The van der Waals surface area contributed by atoms with Crippen molar-refractivity contribution in [2.24, 2.45) is 0 Å². The number of aromatic nitrogens is 2. The van der Waals surface area contributed by atoms with Crippen molar-refractivity contribution in [2.45, 2.75) is 48.4 Å². The summed E-state index contributed by atoms with van der Waals surface area (Å²) in [5.74, 6) is 0. The van der Waals surface area contributed by atoms with Gasteiger partial charge in [-0.3, -0.25) is 9.78 Å². The van der Waals surface area contributed by atoms with Crippen LogP contribution < -0.4 is 11.2 Å². The number of aliphatic hydroxyl groups is 1. The van der Waals surface area contributed by atoms with E-state index < -0.39 is 23.5 Å². The Kier molecular flexibility index (Phi) is 8.29. The predicted molar refractivity (Wildman–Crippen MR) is 91.7 cm³/mol. The zero-order chi connectivity index (χ0) is 16.7. The highest BCUT2D eigenvalue weighted by atomic mass is 127. The first-order valence-corrected chi connectivity index (χ1v) is 8.36. The Morgan fingerprint density at radius 2 is 1.91 bits per heavy atom. The van der Waals surface area contributed by atoms with Gasteiger partial charge in [-0.1, -0.05) is 29.5 Å². The summed E-state index contributed by atoms with van der Waals surface area (Å²) < 4.78 is 11.1. The maximum Gasteiger partial charge on any atom is 0.325 e. The summed E-state index contributed by atoms with van der Waals surface area (Å²) in [4.78, 5) is 27.3. The van der Waals surface area contributed by atoms with Crippen LogP contribution in [0.3, 0.4) is 0 Å². The third kappa shape index (κ3) is 5.49. The van der Waals surface area contributed by atoms with E-state index in [0.29, 0.717) is 15.9 Å². The van der Waals surface area contributed by atoms with Crippen molar-refractivity contribution < 1.29 is 14.6 Å². The number of rotatable bonds is 9. The lowest BCUT2D eigenvalue weighted by Crippen LogP contribution is -2.43. The third-order valence-corrected chi connectivity index (χ3v) is 5.01. The molecule has 0 saturated heterocycles. The number of aromatic amines is 2. The van der Waals surface area contributed by atoms with Gasteiger partial charge in [-0.25, -0.2) is 4.79 Å². The molecule has 1 aromatic rings. The number of H-pyrrole nitrogens is 2. The molecule has 4 atom stereocenters. The van der Waals surface area contributed by atoms with Gasteiger partial charge in [0.25, 0.3) is 5.56 Å². The van der Waals surface area contributed by atoms with Crippen molar-refractivity contribution >= 4 is 22.6 Å². The number of methoxy groups -OCH3 is 2. The molecule has 0 radical (unpaired) electrons. The topological polar surface area (TPSA) is 104 Å². The number of aliphatic hydroxyl groups excluding tert-OH is 1. The smallest absolute Gasteiger partial charge is 0.325 e. The Bertz CT molecular complexity index is 559. The van der Waals surface area contributed by atoms with Crippen molar-refractivity contribution in [2.75, 3.05) is 14.2 Å². The van der Waals surface area contributed by atoms with Crippen LogP contribution in [0.4, 0.5) is 0 Å². The molecule has 0 spiro atoms. The monoisotopic (exact) mass is 426 g/mol. The van der Waals surface area contributed by atoms with E-state index >= 15 is 0 Å². The number of hydrogen-bond donors (Lipinski definition) is 3. The Labute approximate surface area is 142 Å². The molecule has 0 bridgehead atoms. The molecular formula is C14H23IN2O5. The molecule has 0 aliphatic rings. The SMILES string of the molecule is CCC(I)C[C@@H](OC)[C@@H](O)[C@H](Cc1c[nH]c(=O)[nH]c1=O)OC. The highest BCUT2D eigenvalue weighted by Crippen LogP contribution is 2.20. The molecule has 126 valence electrons. The van der Waals surface area contributed by atoms with Gasteiger partial charge in [0.2, 0.25) is 0 Å². The average Bonchev–Trinajstić information content (AvgIpc) is 2.51. The van der Waals surface area contributed by atoms with E-state index in [1.54, 1.807) is 7.11 Å². The minimum atomic E-state index is -0.870. The van der Waals surface area contributed by atoms with Gasteiger partial charge in [0, 0.05) is 36.3 Å². The molecule has 1 aromatic heterocycles. The normalized spacial score (nSPS) is 17.0. The van der Waals surface area contributed by atoms with Crippen molar-refractivity contribution in [3.8, 4) is 0 Å². The van der Waals surface area contributed by atoms with Crippen LogP contribution in [-0.4, -0.2) is 51.5 Å². The Balaban J connectivity index is 2.84. The van der Waals surface area contributed by atoms with Gasteiger partial charge < -0.3 is 19.6 Å². The maximum absolute atomic E-state index is 11.7. The van der Waals surface area contributed by atoms with E-state index in [9.17, 15) is 14.7 Å². The number of nitrogens with one attached hydrogen (secondary N) is 2. The van der Waals surface area contributed by atoms with E-state index in [0.717, 1.165) is 6.42 Å². The first-order chi connectivity index (χ1) is 10.4. The molecule has 0 saturated carbocycles. The summed E-state index contributed by atoms with van der Waals surface area (Å²) in [6.45, 7) is 2.07. The lowest BCUT2D eigenvalue weighted by molar-refractivity contribution is -0.0903. The minimum absolute atomic E-state index is 0.182. The second-order valence-corrected chi connectivity index (χ2v) is 6.84. The highest BCUT2D eigenvalue weighted by Gasteiger charge is 2.30. The molecule has 3 N–H and O–H groups in total. The molecule has 7 nitrogen and oxygen atoms in total. The molecule has 0 aliphatic carbocycles. The maximum atomic E-state index is 11.7. The van der Waals surface area contributed by atoms with E-state index in [-0.39, 0.29) is 12.5 Å². The fourth-order valence-electron chi connectivity index (χ4n) is 2.18. The molecular weight excluding hydrogens is 403 g/mol. The van der Waals surface area contributed by atoms with Crippen LogP contribution >= 0.6 is 22.6 Å². The van der Waals surface area contributed by atoms with Crippen LogP contribution in [0.5, 0.6) is 0 Å². The first-order valence-electron chi connectivity index (χ1n) is 7.11. The zero-order valence-electron chi connectivity index (χ0n) is 13.0. The fourth-order valence-corrected chi connectivity index (χ4v) is 2.68. The molecule has 0 fully saturated rings. The Hall–Kier alpha value is -0.710. The van der Waals surface area contributed by atoms with E-state index in [1.807, 2.05) is 0 Å². The summed E-state index contributed by atoms with van der Waals surface area (Å²) in [6, 6.07) is 0. The molecule has 1 heterocycles. The number of hydrogen-bond acceptors (Lipinski definition) is 5. The third-order valence-electron chi connectivity index (χ3n) is 3.62. The molecule has 0 aliphatic heterocycles. The summed E-state index contributed by atoms with van der Waals surface area (Å²) in [6.07, 6.45) is 1.34. The lowest BCUT2D eigenvalue weighted by Gasteiger charge is -2.29. The van der Waals surface area contributed by atoms with Crippen LogP contribution in [0.1, 0.15) is 25.3 Å². The molecule has 22 heavy (non-hydrogen) atoms. The standard InChI is InChI=1S/C14H23IN2O5/c1-4-9(15)6-11(22-3)12(18)10(21-2)5-8-7-16-14(20)17-13(8)19/h7,9-12,18H,4-6H2,1-3H3,(H2,16,17,19,20)/t9?,10-,11+,12-/m0/s1.